The highest BCUT2D eigenvalue weighted by atomic mass is 32.1. The molecule has 1 aromatic rings. The number of carbonyl (C=O) groups excluding carboxylic acids is 2. The van der Waals surface area contributed by atoms with Crippen LogP contribution in [0.25, 0.3) is 0 Å². The van der Waals surface area contributed by atoms with Gasteiger partial charge in [0, 0.05) is 20.2 Å². The van der Waals surface area contributed by atoms with Crippen molar-refractivity contribution in [3.05, 3.63) is 22.4 Å². The summed E-state index contributed by atoms with van der Waals surface area (Å²) in [4.78, 5) is 25.5. The molecule has 0 aliphatic rings. The number of nitrogens with zero attached hydrogens (tertiary/aromatic N) is 1. The molecule has 0 fully saturated rings. The number of rotatable bonds is 8. The van der Waals surface area contributed by atoms with E-state index in [4.69, 9.17) is 9.84 Å². The maximum atomic E-state index is 11.7. The van der Waals surface area contributed by atoms with Gasteiger partial charge >= 0.3 is 0 Å². The van der Waals surface area contributed by atoms with Gasteiger partial charge in [-0.1, -0.05) is 6.07 Å². The van der Waals surface area contributed by atoms with Crippen molar-refractivity contribution in [2.24, 2.45) is 0 Å². The van der Waals surface area contributed by atoms with Crippen LogP contribution in [-0.2, 0) is 9.53 Å². The highest BCUT2D eigenvalue weighted by molar-refractivity contribution is 7.12. The number of hydrogen-bond acceptors (Lipinski definition) is 6. The van der Waals surface area contributed by atoms with Gasteiger partial charge in [0.2, 0.25) is 0 Å². The van der Waals surface area contributed by atoms with Gasteiger partial charge in [0.15, 0.2) is 0 Å². The lowest BCUT2D eigenvalue weighted by Crippen LogP contribution is -2.47. The van der Waals surface area contributed by atoms with E-state index in [-0.39, 0.29) is 25.0 Å². The first-order valence-corrected chi connectivity index (χ1v) is 7.00. The zero-order valence-corrected chi connectivity index (χ0v) is 12.1. The van der Waals surface area contributed by atoms with Crippen LogP contribution in [0.2, 0.25) is 0 Å². The molecule has 0 unspecified atom stereocenters. The fourth-order valence-electron chi connectivity index (χ4n) is 1.47. The average molecular weight is 301 g/mol. The van der Waals surface area contributed by atoms with Crippen LogP contribution in [0.3, 0.4) is 0 Å². The van der Waals surface area contributed by atoms with Crippen molar-refractivity contribution in [1.82, 2.24) is 15.8 Å². The van der Waals surface area contributed by atoms with Crippen molar-refractivity contribution >= 4 is 23.2 Å². The quantitative estimate of drug-likeness (QED) is 0.561. The van der Waals surface area contributed by atoms with Crippen LogP contribution >= 0.6 is 11.3 Å². The Kier molecular flexibility index (Phi) is 7.81. The number of methoxy groups -OCH3 is 1. The van der Waals surface area contributed by atoms with Gasteiger partial charge in [0.25, 0.3) is 11.8 Å². The molecule has 0 atom stereocenters. The monoisotopic (exact) mass is 301 g/mol. The lowest BCUT2D eigenvalue weighted by atomic mass is 10.4. The summed E-state index contributed by atoms with van der Waals surface area (Å²) >= 11 is 1.29. The summed E-state index contributed by atoms with van der Waals surface area (Å²) in [6.45, 7) is 1.40. The molecule has 8 heteroatoms. The van der Waals surface area contributed by atoms with Crippen molar-refractivity contribution in [3.8, 4) is 0 Å². The molecule has 0 saturated carbocycles. The van der Waals surface area contributed by atoms with Crippen molar-refractivity contribution in [1.29, 1.82) is 0 Å². The van der Waals surface area contributed by atoms with Gasteiger partial charge in [0.05, 0.1) is 24.6 Å². The Labute approximate surface area is 121 Å². The molecule has 0 saturated heterocycles. The van der Waals surface area contributed by atoms with Crippen LogP contribution in [0.5, 0.6) is 0 Å². The first-order chi connectivity index (χ1) is 9.67. The smallest absolute Gasteiger partial charge is 0.279 e. The lowest BCUT2D eigenvalue weighted by Gasteiger charge is -2.20. The molecule has 1 heterocycles. The second kappa shape index (κ2) is 9.43. The van der Waals surface area contributed by atoms with Gasteiger partial charge < -0.3 is 9.84 Å². The number of carbonyl (C=O) groups is 2. The summed E-state index contributed by atoms with van der Waals surface area (Å²) in [6, 6.07) is 3.43. The van der Waals surface area contributed by atoms with Crippen LogP contribution in [0, 0.1) is 0 Å². The Morgan fingerprint density at radius 1 is 1.40 bits per heavy atom. The van der Waals surface area contributed by atoms with Gasteiger partial charge in [-0.15, -0.1) is 11.3 Å². The zero-order chi connectivity index (χ0) is 14.8. The van der Waals surface area contributed by atoms with Crippen LogP contribution in [0.15, 0.2) is 17.5 Å². The number of thiophene rings is 1. The number of aliphatic hydroxyl groups excluding tert-OH is 1. The predicted octanol–water partition coefficient (Wildman–Crippen LogP) is -0.550. The first-order valence-electron chi connectivity index (χ1n) is 6.12. The maximum absolute atomic E-state index is 11.7. The molecular weight excluding hydrogens is 282 g/mol. The molecule has 0 aromatic carbocycles. The van der Waals surface area contributed by atoms with E-state index in [1.807, 2.05) is 0 Å². The normalized spacial score (nSPS) is 10.6. The SMILES string of the molecule is COCCN(CCO)CC(=O)NNC(=O)c1cccs1. The van der Waals surface area contributed by atoms with Gasteiger partial charge in [-0.05, 0) is 11.4 Å². The topological polar surface area (TPSA) is 90.9 Å². The third-order valence-corrected chi connectivity index (χ3v) is 3.32. The average Bonchev–Trinajstić information content (AvgIpc) is 2.96. The number of hydrogen-bond donors (Lipinski definition) is 3. The van der Waals surface area contributed by atoms with E-state index >= 15 is 0 Å². The van der Waals surface area contributed by atoms with Crippen LogP contribution in [-0.4, -0.2) is 61.8 Å². The molecular formula is C12H19N3O4S. The van der Waals surface area contributed by atoms with Crippen LogP contribution < -0.4 is 10.9 Å². The number of aliphatic hydroxyl groups is 1. The standard InChI is InChI=1S/C12H19N3O4S/c1-19-7-5-15(4-6-16)9-11(17)13-14-12(18)10-3-2-8-20-10/h2-3,8,16H,4-7,9H2,1H3,(H,13,17)(H,14,18). The minimum Gasteiger partial charge on any atom is -0.395 e. The zero-order valence-electron chi connectivity index (χ0n) is 11.3. The summed E-state index contributed by atoms with van der Waals surface area (Å²) < 4.78 is 4.92. The van der Waals surface area contributed by atoms with E-state index < -0.39 is 0 Å². The minimum atomic E-state index is -0.348. The number of nitrogens with one attached hydrogen (secondary N) is 2. The molecule has 1 rings (SSSR count). The van der Waals surface area contributed by atoms with Crippen molar-refractivity contribution in [2.75, 3.05) is 40.0 Å². The fourth-order valence-corrected chi connectivity index (χ4v) is 2.09. The molecule has 2 amide bonds. The number of amides is 2. The molecule has 0 spiro atoms. The van der Waals surface area contributed by atoms with Crippen molar-refractivity contribution in [2.45, 2.75) is 0 Å². The minimum absolute atomic E-state index is 0.0431. The summed E-state index contributed by atoms with van der Waals surface area (Å²) in [5, 5.41) is 10.7. The van der Waals surface area contributed by atoms with E-state index in [2.05, 4.69) is 10.9 Å². The Balaban J connectivity index is 2.32. The van der Waals surface area contributed by atoms with E-state index in [1.54, 1.807) is 29.5 Å². The largest absolute Gasteiger partial charge is 0.395 e. The Morgan fingerprint density at radius 3 is 2.80 bits per heavy atom. The molecule has 112 valence electrons. The number of ether oxygens (including phenoxy) is 1. The summed E-state index contributed by atoms with van der Waals surface area (Å²) in [5.41, 5.74) is 4.68. The second-order valence-electron chi connectivity index (χ2n) is 3.97. The van der Waals surface area contributed by atoms with E-state index in [0.29, 0.717) is 24.6 Å². The van der Waals surface area contributed by atoms with E-state index in [9.17, 15) is 9.59 Å². The summed E-state index contributed by atoms with van der Waals surface area (Å²) in [7, 11) is 1.57. The summed E-state index contributed by atoms with van der Waals surface area (Å²) in [6.07, 6.45) is 0. The molecule has 0 aliphatic heterocycles. The Hall–Kier alpha value is -1.48. The highest BCUT2D eigenvalue weighted by Crippen LogP contribution is 2.06. The molecule has 20 heavy (non-hydrogen) atoms. The molecule has 7 nitrogen and oxygen atoms in total. The van der Waals surface area contributed by atoms with Gasteiger partial charge in [0.1, 0.15) is 0 Å². The van der Waals surface area contributed by atoms with E-state index in [1.165, 1.54) is 11.3 Å². The van der Waals surface area contributed by atoms with Gasteiger partial charge in [-0.25, -0.2) is 0 Å². The molecule has 0 radical (unpaired) electrons. The molecule has 0 aliphatic carbocycles. The van der Waals surface area contributed by atoms with E-state index in [0.717, 1.165) is 0 Å². The fraction of sp³-hybridized carbons (Fsp3) is 0.500. The predicted molar refractivity (Wildman–Crippen MR) is 75.3 cm³/mol. The Bertz CT molecular complexity index is 411. The number of hydrazine groups is 1. The first kappa shape index (κ1) is 16.6. The molecule has 1 aromatic heterocycles. The summed E-state index contributed by atoms with van der Waals surface area (Å²) in [5.74, 6) is -0.696. The maximum Gasteiger partial charge on any atom is 0.279 e. The van der Waals surface area contributed by atoms with Crippen LogP contribution in [0.1, 0.15) is 9.67 Å². The van der Waals surface area contributed by atoms with Gasteiger partial charge in [-0.3, -0.25) is 25.3 Å². The lowest BCUT2D eigenvalue weighted by molar-refractivity contribution is -0.123. The van der Waals surface area contributed by atoms with Crippen molar-refractivity contribution in [3.63, 3.8) is 0 Å². The van der Waals surface area contributed by atoms with Crippen molar-refractivity contribution < 1.29 is 19.4 Å². The highest BCUT2D eigenvalue weighted by Gasteiger charge is 2.12. The second-order valence-corrected chi connectivity index (χ2v) is 4.92. The Morgan fingerprint density at radius 2 is 2.20 bits per heavy atom. The third kappa shape index (κ3) is 6.11. The third-order valence-electron chi connectivity index (χ3n) is 2.46. The molecule has 0 bridgehead atoms. The molecule has 3 N–H and O–H groups in total. The van der Waals surface area contributed by atoms with Crippen LogP contribution in [0.4, 0.5) is 0 Å². The van der Waals surface area contributed by atoms with Gasteiger partial charge in [-0.2, -0.15) is 0 Å².